The Labute approximate surface area is 198 Å². The standard InChI is InChI=1S/C30H19N3O/c31-20-22-10-8-14-26(32-22)25-13-2-1-12-24(25)21-9-7-11-23(19-21)33-27-15-3-5-17-29(27)34-30-18-6-4-16-28(30)33/h1-19H. The van der Waals surface area contributed by atoms with Crippen LogP contribution in [0.4, 0.5) is 17.1 Å². The summed E-state index contributed by atoms with van der Waals surface area (Å²) in [6.07, 6.45) is 0. The van der Waals surface area contributed by atoms with E-state index in [1.54, 1.807) is 6.07 Å². The molecule has 0 unspecified atom stereocenters. The fourth-order valence-electron chi connectivity index (χ4n) is 4.40. The molecule has 1 aliphatic rings. The van der Waals surface area contributed by atoms with E-state index in [9.17, 15) is 5.26 Å². The zero-order valence-electron chi connectivity index (χ0n) is 18.2. The molecule has 1 aromatic heterocycles. The lowest BCUT2D eigenvalue weighted by atomic mass is 9.96. The maximum atomic E-state index is 9.31. The molecule has 4 nitrogen and oxygen atoms in total. The summed E-state index contributed by atoms with van der Waals surface area (Å²) in [4.78, 5) is 6.76. The minimum Gasteiger partial charge on any atom is -0.453 e. The van der Waals surface area contributed by atoms with Gasteiger partial charge in [-0.15, -0.1) is 0 Å². The van der Waals surface area contributed by atoms with Crippen molar-refractivity contribution in [3.8, 4) is 40.0 Å². The summed E-state index contributed by atoms with van der Waals surface area (Å²) in [6.45, 7) is 0. The van der Waals surface area contributed by atoms with Crippen molar-refractivity contribution < 1.29 is 4.74 Å². The predicted molar refractivity (Wildman–Crippen MR) is 135 cm³/mol. The van der Waals surface area contributed by atoms with Crippen LogP contribution in [0.3, 0.4) is 0 Å². The summed E-state index contributed by atoms with van der Waals surface area (Å²) >= 11 is 0. The van der Waals surface area contributed by atoms with E-state index in [0.717, 1.165) is 50.9 Å². The van der Waals surface area contributed by atoms with Crippen LogP contribution >= 0.6 is 0 Å². The lowest BCUT2D eigenvalue weighted by molar-refractivity contribution is 0.477. The van der Waals surface area contributed by atoms with Crippen molar-refractivity contribution in [2.75, 3.05) is 4.90 Å². The Morgan fingerprint density at radius 1 is 0.647 bits per heavy atom. The zero-order valence-corrected chi connectivity index (χ0v) is 18.2. The van der Waals surface area contributed by atoms with Gasteiger partial charge in [0.15, 0.2) is 11.5 Å². The maximum absolute atomic E-state index is 9.31. The number of nitrogens with zero attached hydrogens (tertiary/aromatic N) is 3. The summed E-state index contributed by atoms with van der Waals surface area (Å²) in [5, 5.41) is 9.31. The fourth-order valence-corrected chi connectivity index (χ4v) is 4.40. The Hall–Kier alpha value is -4.88. The van der Waals surface area contributed by atoms with Gasteiger partial charge >= 0.3 is 0 Å². The van der Waals surface area contributed by atoms with Gasteiger partial charge in [-0.3, -0.25) is 0 Å². The normalized spacial score (nSPS) is 11.7. The van der Waals surface area contributed by atoms with Crippen molar-refractivity contribution in [3.63, 3.8) is 0 Å². The molecular formula is C30H19N3O. The topological polar surface area (TPSA) is 49.2 Å². The summed E-state index contributed by atoms with van der Waals surface area (Å²) in [7, 11) is 0. The van der Waals surface area contributed by atoms with E-state index >= 15 is 0 Å². The average molecular weight is 438 g/mol. The summed E-state index contributed by atoms with van der Waals surface area (Å²) in [6, 6.07) is 40.5. The van der Waals surface area contributed by atoms with Crippen LogP contribution in [0.25, 0.3) is 22.4 Å². The van der Waals surface area contributed by atoms with Crippen LogP contribution in [-0.4, -0.2) is 4.98 Å². The van der Waals surface area contributed by atoms with E-state index in [1.807, 2.05) is 66.7 Å². The molecule has 4 heteroatoms. The molecule has 0 N–H and O–H groups in total. The molecule has 0 fully saturated rings. The first-order valence-electron chi connectivity index (χ1n) is 11.0. The Morgan fingerprint density at radius 2 is 1.29 bits per heavy atom. The summed E-state index contributed by atoms with van der Waals surface area (Å²) in [5.74, 6) is 1.65. The largest absolute Gasteiger partial charge is 0.453 e. The molecule has 0 spiro atoms. The first-order valence-corrected chi connectivity index (χ1v) is 11.0. The number of hydrogen-bond acceptors (Lipinski definition) is 4. The number of anilines is 3. The van der Waals surface area contributed by atoms with E-state index in [4.69, 9.17) is 4.74 Å². The van der Waals surface area contributed by atoms with Crippen LogP contribution in [0.5, 0.6) is 11.5 Å². The van der Waals surface area contributed by atoms with Crippen molar-refractivity contribution in [1.82, 2.24) is 4.98 Å². The molecule has 0 radical (unpaired) electrons. The average Bonchev–Trinajstić information content (AvgIpc) is 2.92. The second-order valence-electron chi connectivity index (χ2n) is 7.99. The van der Waals surface area contributed by atoms with Crippen LogP contribution < -0.4 is 9.64 Å². The summed E-state index contributed by atoms with van der Waals surface area (Å²) < 4.78 is 6.17. The first-order chi connectivity index (χ1) is 16.8. The van der Waals surface area contributed by atoms with Gasteiger partial charge in [0.1, 0.15) is 11.8 Å². The Kier molecular flexibility index (Phi) is 4.79. The number of rotatable bonds is 3. The molecule has 4 aromatic carbocycles. The highest BCUT2D eigenvalue weighted by Crippen LogP contribution is 2.50. The highest BCUT2D eigenvalue weighted by Gasteiger charge is 2.25. The fraction of sp³-hybridized carbons (Fsp3) is 0. The molecular weight excluding hydrogens is 418 g/mol. The molecule has 34 heavy (non-hydrogen) atoms. The van der Waals surface area contributed by atoms with Gasteiger partial charge in [-0.2, -0.15) is 5.26 Å². The van der Waals surface area contributed by atoms with Gasteiger partial charge in [-0.25, -0.2) is 4.98 Å². The molecule has 0 saturated heterocycles. The third-order valence-corrected chi connectivity index (χ3v) is 5.91. The van der Waals surface area contributed by atoms with Crippen molar-refractivity contribution in [2.24, 2.45) is 0 Å². The molecule has 2 heterocycles. The monoisotopic (exact) mass is 437 g/mol. The Balaban J connectivity index is 1.50. The molecule has 0 bridgehead atoms. The molecule has 0 amide bonds. The Bertz CT molecular complexity index is 1520. The van der Waals surface area contributed by atoms with Gasteiger partial charge in [-0.05, 0) is 59.7 Å². The van der Waals surface area contributed by atoms with E-state index in [-0.39, 0.29) is 0 Å². The summed E-state index contributed by atoms with van der Waals surface area (Å²) in [5.41, 5.74) is 7.32. The molecule has 1 aliphatic heterocycles. The van der Waals surface area contributed by atoms with Crippen LogP contribution in [0.15, 0.2) is 115 Å². The number of fused-ring (bicyclic) bond motifs is 2. The van der Waals surface area contributed by atoms with Crippen LogP contribution in [0, 0.1) is 11.3 Å². The number of pyridine rings is 1. The van der Waals surface area contributed by atoms with Gasteiger partial charge in [0.05, 0.1) is 17.1 Å². The Morgan fingerprint density at radius 3 is 2.03 bits per heavy atom. The molecule has 5 aromatic rings. The van der Waals surface area contributed by atoms with Crippen molar-refractivity contribution >= 4 is 17.1 Å². The van der Waals surface area contributed by atoms with Crippen molar-refractivity contribution in [2.45, 2.75) is 0 Å². The second kappa shape index (κ2) is 8.23. The highest BCUT2D eigenvalue weighted by molar-refractivity contribution is 5.89. The van der Waals surface area contributed by atoms with Crippen LogP contribution in [-0.2, 0) is 0 Å². The SMILES string of the molecule is N#Cc1cccc(-c2ccccc2-c2cccc(N3c4ccccc4Oc4ccccc43)c2)n1. The van der Waals surface area contributed by atoms with E-state index < -0.39 is 0 Å². The van der Waals surface area contributed by atoms with Gasteiger partial charge < -0.3 is 9.64 Å². The van der Waals surface area contributed by atoms with Gasteiger partial charge in [0.25, 0.3) is 0 Å². The number of aromatic nitrogens is 1. The van der Waals surface area contributed by atoms with Gasteiger partial charge in [-0.1, -0.05) is 66.7 Å². The van der Waals surface area contributed by atoms with E-state index in [2.05, 4.69) is 58.4 Å². The van der Waals surface area contributed by atoms with Crippen molar-refractivity contribution in [1.29, 1.82) is 5.26 Å². The minimum absolute atomic E-state index is 0.405. The van der Waals surface area contributed by atoms with Crippen LogP contribution in [0.2, 0.25) is 0 Å². The lowest BCUT2D eigenvalue weighted by Crippen LogP contribution is -2.15. The molecule has 0 aliphatic carbocycles. The lowest BCUT2D eigenvalue weighted by Gasteiger charge is -2.33. The first kappa shape index (κ1) is 19.8. The second-order valence-corrected chi connectivity index (χ2v) is 7.99. The minimum atomic E-state index is 0.405. The third kappa shape index (κ3) is 3.37. The highest BCUT2D eigenvalue weighted by atomic mass is 16.5. The number of ether oxygens (including phenoxy) is 1. The molecule has 6 rings (SSSR count). The van der Waals surface area contributed by atoms with E-state index in [0.29, 0.717) is 5.69 Å². The predicted octanol–water partition coefficient (Wildman–Crippen LogP) is 7.86. The van der Waals surface area contributed by atoms with Crippen molar-refractivity contribution in [3.05, 3.63) is 121 Å². The third-order valence-electron chi connectivity index (χ3n) is 5.91. The number of para-hydroxylation sites is 4. The number of hydrogen-bond donors (Lipinski definition) is 0. The van der Waals surface area contributed by atoms with Gasteiger partial charge in [0, 0.05) is 11.3 Å². The molecule has 0 atom stereocenters. The number of benzene rings is 4. The zero-order chi connectivity index (χ0) is 22.9. The van der Waals surface area contributed by atoms with Gasteiger partial charge in [0.2, 0.25) is 0 Å². The molecule has 0 saturated carbocycles. The molecule has 160 valence electrons. The maximum Gasteiger partial charge on any atom is 0.151 e. The quantitative estimate of drug-likeness (QED) is 0.283. The van der Waals surface area contributed by atoms with Crippen LogP contribution in [0.1, 0.15) is 5.69 Å². The van der Waals surface area contributed by atoms with E-state index in [1.165, 1.54) is 0 Å². The number of nitriles is 1. The smallest absolute Gasteiger partial charge is 0.151 e.